The minimum Gasteiger partial charge on any atom is -0.479 e. The van der Waals surface area contributed by atoms with E-state index in [0.717, 1.165) is 25.2 Å². The van der Waals surface area contributed by atoms with Crippen molar-refractivity contribution in [1.29, 1.82) is 0 Å². The molecule has 0 aliphatic heterocycles. The van der Waals surface area contributed by atoms with Crippen LogP contribution in [0.3, 0.4) is 0 Å². The number of aliphatic carboxylic acids is 1. The van der Waals surface area contributed by atoms with Crippen LogP contribution in [0, 0.1) is 5.92 Å². The van der Waals surface area contributed by atoms with Crippen LogP contribution in [0.5, 0.6) is 0 Å². The van der Waals surface area contributed by atoms with Crippen LogP contribution in [0.2, 0.25) is 0 Å². The predicted molar refractivity (Wildman–Crippen MR) is 121 cm³/mol. The summed E-state index contributed by atoms with van der Waals surface area (Å²) in [5.41, 5.74) is 0. The van der Waals surface area contributed by atoms with Crippen LogP contribution < -0.4 is 0 Å². The largest absolute Gasteiger partial charge is 0.479 e. The molecule has 29 heavy (non-hydrogen) atoms. The van der Waals surface area contributed by atoms with Gasteiger partial charge in [0, 0.05) is 6.92 Å². The van der Waals surface area contributed by atoms with Crippen molar-refractivity contribution < 1.29 is 19.4 Å². The first-order chi connectivity index (χ1) is 13.9. The fraction of sp³-hybridized carbons (Fsp3) is 0.920. The number of esters is 1. The molecule has 0 heterocycles. The number of carbonyl (C=O) groups is 2. The summed E-state index contributed by atoms with van der Waals surface area (Å²) < 4.78 is 4.81. The molecule has 1 unspecified atom stereocenters. The standard InChI is InChI=1S/C25H48O4/c1-22(2)20-18-16-14-12-10-8-6-4-5-7-9-11-13-15-17-19-21-24(25(27)28)29-23(3)26/h22,24H,4-21H2,1-3H3,(H,27,28). The van der Waals surface area contributed by atoms with Gasteiger partial charge >= 0.3 is 11.9 Å². The minimum absolute atomic E-state index is 0.423. The van der Waals surface area contributed by atoms with Crippen LogP contribution in [0.1, 0.15) is 136 Å². The molecule has 4 heteroatoms. The van der Waals surface area contributed by atoms with E-state index in [-0.39, 0.29) is 0 Å². The average molecular weight is 413 g/mol. The number of carboxylic acid groups (broad SMARTS) is 1. The van der Waals surface area contributed by atoms with Gasteiger partial charge in [-0.1, -0.05) is 117 Å². The Morgan fingerprint density at radius 3 is 1.21 bits per heavy atom. The van der Waals surface area contributed by atoms with Gasteiger partial charge in [-0.2, -0.15) is 0 Å². The summed E-state index contributed by atoms with van der Waals surface area (Å²) in [6.07, 6.45) is 21.7. The topological polar surface area (TPSA) is 63.6 Å². The maximum absolute atomic E-state index is 11.0. The first-order valence-electron chi connectivity index (χ1n) is 12.3. The van der Waals surface area contributed by atoms with E-state index in [1.54, 1.807) is 0 Å². The molecule has 0 bridgehead atoms. The molecule has 0 spiro atoms. The molecule has 0 fully saturated rings. The third-order valence-corrected chi connectivity index (χ3v) is 5.58. The van der Waals surface area contributed by atoms with Gasteiger partial charge in [0.25, 0.3) is 0 Å². The first kappa shape index (κ1) is 27.9. The highest BCUT2D eigenvalue weighted by molar-refractivity contribution is 5.76. The molecule has 0 amide bonds. The Bertz CT molecular complexity index is 392. The van der Waals surface area contributed by atoms with E-state index >= 15 is 0 Å². The van der Waals surface area contributed by atoms with Crippen LogP contribution in [0.4, 0.5) is 0 Å². The SMILES string of the molecule is CC(=O)OC(CCCCCCCCCCCCCCCCCCC(C)C)C(=O)O. The van der Waals surface area contributed by atoms with E-state index in [0.29, 0.717) is 6.42 Å². The molecule has 0 saturated carbocycles. The van der Waals surface area contributed by atoms with Gasteiger partial charge in [0.1, 0.15) is 0 Å². The Hall–Kier alpha value is -1.06. The first-order valence-corrected chi connectivity index (χ1v) is 12.3. The fourth-order valence-electron chi connectivity index (χ4n) is 3.79. The summed E-state index contributed by atoms with van der Waals surface area (Å²) in [6.45, 7) is 5.88. The summed E-state index contributed by atoms with van der Waals surface area (Å²) in [7, 11) is 0. The van der Waals surface area contributed by atoms with Crippen molar-refractivity contribution in [1.82, 2.24) is 0 Å². The lowest BCUT2D eigenvalue weighted by Gasteiger charge is -2.11. The molecule has 0 aromatic heterocycles. The molecule has 0 aromatic carbocycles. The monoisotopic (exact) mass is 412 g/mol. The zero-order valence-corrected chi connectivity index (χ0v) is 19.6. The molecule has 0 radical (unpaired) electrons. The van der Waals surface area contributed by atoms with Gasteiger partial charge in [0.15, 0.2) is 6.10 Å². The number of hydrogen-bond donors (Lipinski definition) is 1. The Labute approximate surface area is 180 Å². The maximum Gasteiger partial charge on any atom is 0.345 e. The molecular formula is C25H48O4. The summed E-state index contributed by atoms with van der Waals surface area (Å²) >= 11 is 0. The molecule has 1 N–H and O–H groups in total. The lowest BCUT2D eigenvalue weighted by molar-refractivity contribution is -0.163. The molecule has 1 atom stereocenters. The second kappa shape index (κ2) is 20.2. The van der Waals surface area contributed by atoms with Gasteiger partial charge in [0.05, 0.1) is 0 Å². The van der Waals surface area contributed by atoms with Gasteiger partial charge in [-0.25, -0.2) is 4.79 Å². The highest BCUT2D eigenvalue weighted by Crippen LogP contribution is 2.15. The van der Waals surface area contributed by atoms with Crippen LogP contribution in [0.25, 0.3) is 0 Å². The number of carbonyl (C=O) groups excluding carboxylic acids is 1. The van der Waals surface area contributed by atoms with Crippen molar-refractivity contribution in [2.45, 2.75) is 142 Å². The van der Waals surface area contributed by atoms with Crippen LogP contribution >= 0.6 is 0 Å². The molecule has 4 nitrogen and oxygen atoms in total. The zero-order chi connectivity index (χ0) is 21.7. The third kappa shape index (κ3) is 21.5. The Morgan fingerprint density at radius 2 is 0.931 bits per heavy atom. The molecule has 0 aliphatic carbocycles. The lowest BCUT2D eigenvalue weighted by Crippen LogP contribution is -2.25. The lowest BCUT2D eigenvalue weighted by atomic mass is 10.0. The van der Waals surface area contributed by atoms with Crippen LogP contribution in [0.15, 0.2) is 0 Å². The van der Waals surface area contributed by atoms with Crippen molar-refractivity contribution in [3.05, 3.63) is 0 Å². The van der Waals surface area contributed by atoms with E-state index < -0.39 is 18.0 Å². The molecule has 0 aliphatic rings. The Morgan fingerprint density at radius 1 is 0.621 bits per heavy atom. The van der Waals surface area contributed by atoms with E-state index in [2.05, 4.69) is 13.8 Å². The number of carboxylic acids is 1. The summed E-state index contributed by atoms with van der Waals surface area (Å²) in [5, 5.41) is 9.00. The smallest absolute Gasteiger partial charge is 0.345 e. The number of hydrogen-bond acceptors (Lipinski definition) is 3. The molecule has 0 aromatic rings. The van der Waals surface area contributed by atoms with Crippen molar-refractivity contribution in [3.8, 4) is 0 Å². The van der Waals surface area contributed by atoms with Crippen LogP contribution in [-0.2, 0) is 14.3 Å². The van der Waals surface area contributed by atoms with Crippen molar-refractivity contribution >= 4 is 11.9 Å². The van der Waals surface area contributed by atoms with E-state index in [9.17, 15) is 9.59 Å². The normalized spacial score (nSPS) is 12.3. The Balaban J connectivity index is 3.24. The number of rotatable bonds is 21. The van der Waals surface area contributed by atoms with Gasteiger partial charge in [0.2, 0.25) is 0 Å². The molecule has 0 rings (SSSR count). The third-order valence-electron chi connectivity index (χ3n) is 5.58. The Kier molecular flexibility index (Phi) is 19.5. The van der Waals surface area contributed by atoms with Crippen molar-refractivity contribution in [2.75, 3.05) is 0 Å². The van der Waals surface area contributed by atoms with Gasteiger partial charge in [-0.3, -0.25) is 4.79 Å². The summed E-state index contributed by atoms with van der Waals surface area (Å²) in [5.74, 6) is -0.698. The van der Waals surface area contributed by atoms with Gasteiger partial charge in [-0.05, 0) is 18.8 Å². The zero-order valence-electron chi connectivity index (χ0n) is 19.6. The number of ether oxygens (including phenoxy) is 1. The fourth-order valence-corrected chi connectivity index (χ4v) is 3.79. The highest BCUT2D eigenvalue weighted by Gasteiger charge is 2.19. The van der Waals surface area contributed by atoms with Crippen LogP contribution in [-0.4, -0.2) is 23.1 Å². The molecular weight excluding hydrogens is 364 g/mol. The summed E-state index contributed by atoms with van der Waals surface area (Å²) in [4.78, 5) is 21.9. The maximum atomic E-state index is 11.0. The van der Waals surface area contributed by atoms with Gasteiger partial charge < -0.3 is 9.84 Å². The number of unbranched alkanes of at least 4 members (excludes halogenated alkanes) is 15. The molecule has 172 valence electrons. The van der Waals surface area contributed by atoms with Gasteiger partial charge in [-0.15, -0.1) is 0 Å². The van der Waals surface area contributed by atoms with Crippen molar-refractivity contribution in [2.24, 2.45) is 5.92 Å². The predicted octanol–water partition coefficient (Wildman–Crippen LogP) is 7.68. The summed E-state index contributed by atoms with van der Waals surface area (Å²) in [6, 6.07) is 0. The molecule has 0 saturated heterocycles. The second-order valence-corrected chi connectivity index (χ2v) is 9.06. The minimum atomic E-state index is -1.04. The van der Waals surface area contributed by atoms with Crippen molar-refractivity contribution in [3.63, 3.8) is 0 Å². The van der Waals surface area contributed by atoms with E-state index in [1.807, 2.05) is 0 Å². The van der Waals surface area contributed by atoms with E-state index in [1.165, 1.54) is 96.8 Å². The van der Waals surface area contributed by atoms with E-state index in [4.69, 9.17) is 9.84 Å². The highest BCUT2D eigenvalue weighted by atomic mass is 16.6. The average Bonchev–Trinajstić information content (AvgIpc) is 2.65. The quantitative estimate of drug-likeness (QED) is 0.155. The second-order valence-electron chi connectivity index (χ2n) is 9.06.